The molecule has 1 amide bonds. The van der Waals surface area contributed by atoms with Crippen molar-refractivity contribution in [2.24, 2.45) is 0 Å². The van der Waals surface area contributed by atoms with Gasteiger partial charge >= 0.3 is 0 Å². The van der Waals surface area contributed by atoms with Crippen LogP contribution < -0.4 is 5.32 Å². The van der Waals surface area contributed by atoms with E-state index >= 15 is 0 Å². The first-order chi connectivity index (χ1) is 8.97. The summed E-state index contributed by atoms with van der Waals surface area (Å²) >= 11 is 3.06. The number of benzene rings is 2. The van der Waals surface area contributed by atoms with E-state index in [0.29, 0.717) is 10.0 Å². The van der Waals surface area contributed by atoms with Gasteiger partial charge in [0, 0.05) is 11.3 Å². The maximum atomic E-state index is 13.4. The van der Waals surface area contributed by atoms with Gasteiger partial charge in [-0.15, -0.1) is 0 Å². The average molecular weight is 322 g/mol. The molecular formula is C15H13BrFNO. The minimum Gasteiger partial charge on any atom is -0.322 e. The number of aryl methyl sites for hydroxylation is 2. The Labute approximate surface area is 119 Å². The van der Waals surface area contributed by atoms with Crippen molar-refractivity contribution in [3.63, 3.8) is 0 Å². The van der Waals surface area contributed by atoms with Gasteiger partial charge in [-0.3, -0.25) is 4.79 Å². The summed E-state index contributed by atoms with van der Waals surface area (Å²) in [5.74, 6) is -0.772. The van der Waals surface area contributed by atoms with E-state index in [1.165, 1.54) is 12.1 Å². The normalized spacial score (nSPS) is 10.3. The summed E-state index contributed by atoms with van der Waals surface area (Å²) in [6.07, 6.45) is 0. The molecule has 0 bridgehead atoms. The third-order valence-electron chi connectivity index (χ3n) is 2.81. The zero-order valence-electron chi connectivity index (χ0n) is 10.6. The standard InChI is InChI=1S/C15H13BrFNO/c1-9-3-6-14(10(2)7-9)18-15(19)11-4-5-12(16)13(17)8-11/h3-8H,1-2H3,(H,18,19). The summed E-state index contributed by atoms with van der Waals surface area (Å²) < 4.78 is 13.7. The van der Waals surface area contributed by atoms with Crippen LogP contribution >= 0.6 is 15.9 Å². The summed E-state index contributed by atoms with van der Waals surface area (Å²) in [7, 11) is 0. The van der Waals surface area contributed by atoms with E-state index in [-0.39, 0.29) is 5.91 Å². The van der Waals surface area contributed by atoms with Gasteiger partial charge in [0.1, 0.15) is 5.82 Å². The number of carbonyl (C=O) groups excluding carboxylic acids is 1. The maximum absolute atomic E-state index is 13.4. The Hall–Kier alpha value is -1.68. The fourth-order valence-electron chi connectivity index (χ4n) is 1.79. The average Bonchev–Trinajstić information content (AvgIpc) is 2.36. The van der Waals surface area contributed by atoms with E-state index in [9.17, 15) is 9.18 Å². The molecule has 0 saturated carbocycles. The van der Waals surface area contributed by atoms with Gasteiger partial charge in [-0.1, -0.05) is 17.7 Å². The number of hydrogen-bond acceptors (Lipinski definition) is 1. The summed E-state index contributed by atoms with van der Waals surface area (Å²) in [5, 5.41) is 2.78. The first-order valence-corrected chi connectivity index (χ1v) is 6.60. The lowest BCUT2D eigenvalue weighted by Crippen LogP contribution is -2.13. The first kappa shape index (κ1) is 13.7. The van der Waals surface area contributed by atoms with Gasteiger partial charge in [0.15, 0.2) is 0 Å². The van der Waals surface area contributed by atoms with Crippen LogP contribution in [0.3, 0.4) is 0 Å². The van der Waals surface area contributed by atoms with Gasteiger partial charge < -0.3 is 5.32 Å². The second-order valence-corrected chi connectivity index (χ2v) is 5.26. The largest absolute Gasteiger partial charge is 0.322 e. The fourth-order valence-corrected chi connectivity index (χ4v) is 2.03. The van der Waals surface area contributed by atoms with Crippen molar-refractivity contribution in [3.8, 4) is 0 Å². The Morgan fingerprint density at radius 1 is 1.16 bits per heavy atom. The highest BCUT2D eigenvalue weighted by atomic mass is 79.9. The molecule has 19 heavy (non-hydrogen) atoms. The molecule has 0 aromatic heterocycles. The van der Waals surface area contributed by atoms with Gasteiger partial charge in [-0.05, 0) is 59.6 Å². The zero-order chi connectivity index (χ0) is 14.0. The van der Waals surface area contributed by atoms with Crippen LogP contribution in [0.1, 0.15) is 21.5 Å². The van der Waals surface area contributed by atoms with Crippen LogP contribution in [-0.4, -0.2) is 5.91 Å². The van der Waals surface area contributed by atoms with E-state index in [0.717, 1.165) is 16.8 Å². The molecule has 2 aromatic rings. The number of nitrogens with one attached hydrogen (secondary N) is 1. The monoisotopic (exact) mass is 321 g/mol. The molecule has 0 saturated heterocycles. The summed E-state index contributed by atoms with van der Waals surface area (Å²) in [6, 6.07) is 10.1. The Kier molecular flexibility index (Phi) is 4.00. The van der Waals surface area contributed by atoms with Crippen LogP contribution in [0.2, 0.25) is 0 Å². The molecule has 0 aliphatic carbocycles. The third-order valence-corrected chi connectivity index (χ3v) is 3.46. The predicted molar refractivity (Wildman–Crippen MR) is 78.0 cm³/mol. The van der Waals surface area contributed by atoms with Gasteiger partial charge in [-0.25, -0.2) is 4.39 Å². The SMILES string of the molecule is Cc1ccc(NC(=O)c2ccc(Br)c(F)c2)c(C)c1. The highest BCUT2D eigenvalue weighted by molar-refractivity contribution is 9.10. The van der Waals surface area contributed by atoms with Gasteiger partial charge in [-0.2, -0.15) is 0 Å². The molecule has 1 N–H and O–H groups in total. The fraction of sp³-hybridized carbons (Fsp3) is 0.133. The van der Waals surface area contributed by atoms with E-state index in [4.69, 9.17) is 0 Å². The Morgan fingerprint density at radius 2 is 1.89 bits per heavy atom. The molecule has 0 heterocycles. The number of amides is 1. The molecule has 0 aliphatic rings. The molecule has 0 unspecified atom stereocenters. The van der Waals surface area contributed by atoms with E-state index in [1.54, 1.807) is 6.07 Å². The molecule has 2 aromatic carbocycles. The van der Waals surface area contributed by atoms with Crippen molar-refractivity contribution in [2.45, 2.75) is 13.8 Å². The van der Waals surface area contributed by atoms with Crippen LogP contribution in [0, 0.1) is 19.7 Å². The highest BCUT2D eigenvalue weighted by Crippen LogP contribution is 2.19. The predicted octanol–water partition coefficient (Wildman–Crippen LogP) is 4.46. The minimum absolute atomic E-state index is 0.292. The summed E-state index contributed by atoms with van der Waals surface area (Å²) in [6.45, 7) is 3.91. The number of hydrogen-bond donors (Lipinski definition) is 1. The molecule has 0 atom stereocenters. The van der Waals surface area contributed by atoms with Crippen LogP contribution in [0.15, 0.2) is 40.9 Å². The molecule has 2 rings (SSSR count). The molecule has 2 nitrogen and oxygen atoms in total. The summed E-state index contributed by atoms with van der Waals surface area (Å²) in [4.78, 5) is 12.0. The topological polar surface area (TPSA) is 29.1 Å². The van der Waals surface area contributed by atoms with Crippen molar-refractivity contribution in [2.75, 3.05) is 5.32 Å². The molecule has 4 heteroatoms. The van der Waals surface area contributed by atoms with Crippen LogP contribution in [0.4, 0.5) is 10.1 Å². The van der Waals surface area contributed by atoms with Crippen molar-refractivity contribution < 1.29 is 9.18 Å². The van der Waals surface area contributed by atoms with Crippen LogP contribution in [0.5, 0.6) is 0 Å². The van der Waals surface area contributed by atoms with Crippen molar-refractivity contribution in [1.82, 2.24) is 0 Å². The molecule has 0 spiro atoms. The second kappa shape index (κ2) is 5.53. The van der Waals surface area contributed by atoms with Crippen molar-refractivity contribution in [3.05, 3.63) is 63.4 Å². The lowest BCUT2D eigenvalue weighted by Gasteiger charge is -2.09. The second-order valence-electron chi connectivity index (χ2n) is 4.40. The highest BCUT2D eigenvalue weighted by Gasteiger charge is 2.10. The van der Waals surface area contributed by atoms with Gasteiger partial charge in [0.05, 0.1) is 4.47 Å². The zero-order valence-corrected chi connectivity index (χ0v) is 12.2. The molecule has 98 valence electrons. The Balaban J connectivity index is 2.23. The van der Waals surface area contributed by atoms with Gasteiger partial charge in [0.2, 0.25) is 0 Å². The molecule has 0 aliphatic heterocycles. The maximum Gasteiger partial charge on any atom is 0.255 e. The van der Waals surface area contributed by atoms with E-state index in [1.807, 2.05) is 32.0 Å². The minimum atomic E-state index is -0.451. The van der Waals surface area contributed by atoms with Crippen molar-refractivity contribution in [1.29, 1.82) is 0 Å². The molecule has 0 fully saturated rings. The lowest BCUT2D eigenvalue weighted by molar-refractivity contribution is 0.102. The quantitative estimate of drug-likeness (QED) is 0.869. The van der Waals surface area contributed by atoms with Crippen LogP contribution in [-0.2, 0) is 0 Å². The number of halogens is 2. The summed E-state index contributed by atoms with van der Waals surface area (Å²) in [5.41, 5.74) is 3.13. The van der Waals surface area contributed by atoms with Crippen molar-refractivity contribution >= 4 is 27.5 Å². The third kappa shape index (κ3) is 3.20. The van der Waals surface area contributed by atoms with Gasteiger partial charge in [0.25, 0.3) is 5.91 Å². The molecule has 0 radical (unpaired) electrons. The molecular weight excluding hydrogens is 309 g/mol. The smallest absolute Gasteiger partial charge is 0.255 e. The van der Waals surface area contributed by atoms with Crippen LogP contribution in [0.25, 0.3) is 0 Å². The Morgan fingerprint density at radius 3 is 2.53 bits per heavy atom. The van der Waals surface area contributed by atoms with E-state index in [2.05, 4.69) is 21.2 Å². The number of carbonyl (C=O) groups is 1. The van der Waals surface area contributed by atoms with E-state index < -0.39 is 5.82 Å². The Bertz CT molecular complexity index is 640. The lowest BCUT2D eigenvalue weighted by atomic mass is 10.1. The number of anilines is 1. The number of rotatable bonds is 2. The first-order valence-electron chi connectivity index (χ1n) is 5.81.